The van der Waals surface area contributed by atoms with Crippen molar-refractivity contribution in [2.45, 2.75) is 13.3 Å². The second kappa shape index (κ2) is 5.44. The Labute approximate surface area is 114 Å². The lowest BCUT2D eigenvalue weighted by molar-refractivity contribution is 0.103. The Bertz CT molecular complexity index is 576. The average Bonchev–Trinajstić information content (AvgIpc) is 2.41. The molecule has 0 aliphatic carbocycles. The van der Waals surface area contributed by atoms with Gasteiger partial charge in [-0.1, -0.05) is 31.2 Å². The smallest absolute Gasteiger partial charge is 0.193 e. The summed E-state index contributed by atoms with van der Waals surface area (Å²) < 4.78 is 13.4. The molecule has 0 fully saturated rings. The van der Waals surface area contributed by atoms with E-state index < -0.39 is 0 Å². The predicted octanol–water partition coefficient (Wildman–Crippen LogP) is 4.38. The third kappa shape index (κ3) is 2.67. The number of ketones is 1. The highest BCUT2D eigenvalue weighted by atomic mass is 79.9. The van der Waals surface area contributed by atoms with Crippen LogP contribution in [0.5, 0.6) is 0 Å². The lowest BCUT2D eigenvalue weighted by Crippen LogP contribution is -2.01. The molecule has 92 valence electrons. The summed E-state index contributed by atoms with van der Waals surface area (Å²) in [7, 11) is 0. The van der Waals surface area contributed by atoms with E-state index in [0.717, 1.165) is 6.42 Å². The summed E-state index contributed by atoms with van der Waals surface area (Å²) in [6.07, 6.45) is 0.941. The van der Waals surface area contributed by atoms with Crippen LogP contribution in [-0.4, -0.2) is 5.78 Å². The van der Waals surface area contributed by atoms with Crippen molar-refractivity contribution in [3.8, 4) is 0 Å². The molecule has 2 aromatic rings. The van der Waals surface area contributed by atoms with Gasteiger partial charge >= 0.3 is 0 Å². The highest BCUT2D eigenvalue weighted by Gasteiger charge is 2.10. The number of rotatable bonds is 3. The van der Waals surface area contributed by atoms with Crippen molar-refractivity contribution in [1.82, 2.24) is 0 Å². The largest absolute Gasteiger partial charge is 0.289 e. The van der Waals surface area contributed by atoms with E-state index in [1.54, 1.807) is 12.1 Å². The molecule has 0 saturated carbocycles. The lowest BCUT2D eigenvalue weighted by atomic mass is 10.0. The van der Waals surface area contributed by atoms with Crippen LogP contribution in [0.1, 0.15) is 28.4 Å². The van der Waals surface area contributed by atoms with Crippen molar-refractivity contribution in [1.29, 1.82) is 0 Å². The summed E-state index contributed by atoms with van der Waals surface area (Å²) in [5, 5.41) is 0. The normalized spacial score (nSPS) is 10.4. The fraction of sp³-hybridized carbons (Fsp3) is 0.133. The first-order valence-electron chi connectivity index (χ1n) is 5.70. The van der Waals surface area contributed by atoms with Crippen LogP contribution in [0.2, 0.25) is 0 Å². The van der Waals surface area contributed by atoms with Gasteiger partial charge in [0.2, 0.25) is 0 Å². The first-order valence-corrected chi connectivity index (χ1v) is 6.50. The van der Waals surface area contributed by atoms with E-state index in [0.29, 0.717) is 15.6 Å². The molecule has 0 amide bonds. The van der Waals surface area contributed by atoms with Gasteiger partial charge in [-0.15, -0.1) is 0 Å². The molecule has 0 aliphatic rings. The van der Waals surface area contributed by atoms with Crippen molar-refractivity contribution in [2.75, 3.05) is 0 Å². The van der Waals surface area contributed by atoms with Crippen molar-refractivity contribution in [3.05, 3.63) is 69.4 Å². The second-order valence-electron chi connectivity index (χ2n) is 4.01. The third-order valence-corrected chi connectivity index (χ3v) is 3.41. The molecule has 0 atom stereocenters. The maximum Gasteiger partial charge on any atom is 0.193 e. The van der Waals surface area contributed by atoms with Crippen LogP contribution in [0.15, 0.2) is 46.9 Å². The number of halogens is 2. The van der Waals surface area contributed by atoms with Gasteiger partial charge in [0, 0.05) is 11.1 Å². The molecule has 0 unspecified atom stereocenters. The van der Waals surface area contributed by atoms with Gasteiger partial charge in [0.05, 0.1) is 4.47 Å². The lowest BCUT2D eigenvalue weighted by Gasteiger charge is -2.03. The Hall–Kier alpha value is -1.48. The van der Waals surface area contributed by atoms with Gasteiger partial charge in [-0.05, 0) is 46.1 Å². The summed E-state index contributed by atoms with van der Waals surface area (Å²) in [6, 6.07) is 11.8. The predicted molar refractivity (Wildman–Crippen MR) is 73.4 cm³/mol. The number of hydrogen-bond acceptors (Lipinski definition) is 1. The van der Waals surface area contributed by atoms with E-state index >= 15 is 0 Å². The van der Waals surface area contributed by atoms with Crippen molar-refractivity contribution in [3.63, 3.8) is 0 Å². The van der Waals surface area contributed by atoms with Crippen LogP contribution in [-0.2, 0) is 6.42 Å². The fourth-order valence-electron chi connectivity index (χ4n) is 1.70. The van der Waals surface area contributed by atoms with E-state index in [4.69, 9.17) is 0 Å². The first-order chi connectivity index (χ1) is 8.61. The van der Waals surface area contributed by atoms with Crippen LogP contribution < -0.4 is 0 Å². The molecule has 0 spiro atoms. The molecule has 0 bridgehead atoms. The van der Waals surface area contributed by atoms with Gasteiger partial charge in [0.25, 0.3) is 0 Å². The molecular weight excluding hydrogens is 295 g/mol. The second-order valence-corrected chi connectivity index (χ2v) is 4.86. The van der Waals surface area contributed by atoms with Gasteiger partial charge in [0.1, 0.15) is 5.82 Å². The van der Waals surface area contributed by atoms with Crippen LogP contribution >= 0.6 is 15.9 Å². The molecule has 0 aliphatic heterocycles. The maximum atomic E-state index is 13.1. The molecule has 2 aromatic carbocycles. The molecule has 0 radical (unpaired) electrons. The number of benzene rings is 2. The molecule has 18 heavy (non-hydrogen) atoms. The minimum atomic E-state index is -0.368. The molecule has 0 N–H and O–H groups in total. The van der Waals surface area contributed by atoms with E-state index in [-0.39, 0.29) is 11.6 Å². The number of hydrogen-bond donors (Lipinski definition) is 0. The number of aryl methyl sites for hydroxylation is 1. The van der Waals surface area contributed by atoms with Crippen LogP contribution in [0, 0.1) is 5.82 Å². The van der Waals surface area contributed by atoms with Crippen molar-refractivity contribution >= 4 is 21.7 Å². The zero-order chi connectivity index (χ0) is 13.1. The van der Waals surface area contributed by atoms with E-state index in [1.165, 1.54) is 23.8 Å². The summed E-state index contributed by atoms with van der Waals surface area (Å²) >= 11 is 3.08. The highest BCUT2D eigenvalue weighted by Crippen LogP contribution is 2.19. The molecule has 2 rings (SSSR count). The van der Waals surface area contributed by atoms with Gasteiger partial charge in [-0.2, -0.15) is 0 Å². The summed E-state index contributed by atoms with van der Waals surface area (Å²) in [4.78, 5) is 12.2. The topological polar surface area (TPSA) is 17.1 Å². The third-order valence-electron chi connectivity index (χ3n) is 2.81. The highest BCUT2D eigenvalue weighted by molar-refractivity contribution is 9.10. The average molecular weight is 307 g/mol. The molecule has 3 heteroatoms. The molecule has 0 aromatic heterocycles. The summed E-state index contributed by atoms with van der Waals surface area (Å²) in [5.74, 6) is -0.466. The molecule has 1 nitrogen and oxygen atoms in total. The van der Waals surface area contributed by atoms with Gasteiger partial charge in [-0.3, -0.25) is 4.79 Å². The Kier molecular flexibility index (Phi) is 3.92. The first kappa shape index (κ1) is 13.0. The quantitative estimate of drug-likeness (QED) is 0.769. The van der Waals surface area contributed by atoms with Crippen LogP contribution in [0.3, 0.4) is 0 Å². The molecule has 0 heterocycles. The number of carbonyl (C=O) groups is 1. The van der Waals surface area contributed by atoms with E-state index in [1.807, 2.05) is 12.1 Å². The summed E-state index contributed by atoms with van der Waals surface area (Å²) in [6.45, 7) is 2.06. The SMILES string of the molecule is CCc1ccc(C(=O)c2ccc(F)c(Br)c2)cc1. The Morgan fingerprint density at radius 2 is 1.72 bits per heavy atom. The molecule has 0 saturated heterocycles. The van der Waals surface area contributed by atoms with Gasteiger partial charge in [-0.25, -0.2) is 4.39 Å². The number of carbonyl (C=O) groups excluding carboxylic acids is 1. The van der Waals surface area contributed by atoms with Crippen molar-refractivity contribution < 1.29 is 9.18 Å². The maximum absolute atomic E-state index is 13.1. The zero-order valence-corrected chi connectivity index (χ0v) is 11.5. The molecular formula is C15H12BrFO. The fourth-order valence-corrected chi connectivity index (χ4v) is 2.07. The minimum Gasteiger partial charge on any atom is -0.289 e. The Morgan fingerprint density at radius 1 is 1.11 bits per heavy atom. The van der Waals surface area contributed by atoms with Gasteiger partial charge in [0.15, 0.2) is 5.78 Å². The monoisotopic (exact) mass is 306 g/mol. The van der Waals surface area contributed by atoms with E-state index in [9.17, 15) is 9.18 Å². The van der Waals surface area contributed by atoms with Crippen molar-refractivity contribution in [2.24, 2.45) is 0 Å². The van der Waals surface area contributed by atoms with Crippen LogP contribution in [0.4, 0.5) is 4.39 Å². The summed E-state index contributed by atoms with van der Waals surface area (Å²) in [5.41, 5.74) is 2.28. The Morgan fingerprint density at radius 3 is 2.28 bits per heavy atom. The standard InChI is InChI=1S/C15H12BrFO/c1-2-10-3-5-11(6-4-10)15(18)12-7-8-14(17)13(16)9-12/h3-9H,2H2,1H3. The van der Waals surface area contributed by atoms with E-state index in [2.05, 4.69) is 22.9 Å². The Balaban J connectivity index is 2.32. The van der Waals surface area contributed by atoms with Crippen LogP contribution in [0.25, 0.3) is 0 Å². The zero-order valence-electron chi connectivity index (χ0n) is 9.91. The van der Waals surface area contributed by atoms with Gasteiger partial charge < -0.3 is 0 Å². The minimum absolute atomic E-state index is 0.0987.